The van der Waals surface area contributed by atoms with E-state index in [0.29, 0.717) is 12.5 Å². The van der Waals surface area contributed by atoms with Crippen molar-refractivity contribution in [3.63, 3.8) is 0 Å². The third kappa shape index (κ3) is 3.97. The Hall–Kier alpha value is -2.09. The Balaban J connectivity index is 2.05. The predicted octanol–water partition coefficient (Wildman–Crippen LogP) is 2.90. The fourth-order valence-corrected chi connectivity index (χ4v) is 2.20. The van der Waals surface area contributed by atoms with E-state index in [1.54, 1.807) is 12.2 Å². The summed E-state index contributed by atoms with van der Waals surface area (Å²) in [5, 5.41) is 13.5. The number of anilines is 1. The number of alkyl halides is 3. The van der Waals surface area contributed by atoms with Crippen LogP contribution in [0.2, 0.25) is 0 Å². The number of aliphatic hydroxyl groups is 1. The van der Waals surface area contributed by atoms with Crippen LogP contribution in [0, 0.1) is 11.7 Å². The molecule has 2 amide bonds. The van der Waals surface area contributed by atoms with Gasteiger partial charge in [-0.1, -0.05) is 12.2 Å². The van der Waals surface area contributed by atoms with Crippen LogP contribution in [0.5, 0.6) is 0 Å². The van der Waals surface area contributed by atoms with Crippen molar-refractivity contribution in [2.24, 2.45) is 5.92 Å². The van der Waals surface area contributed by atoms with E-state index in [1.165, 1.54) is 0 Å². The zero-order chi connectivity index (χ0) is 16.3. The van der Waals surface area contributed by atoms with Crippen LogP contribution in [-0.2, 0) is 6.18 Å². The molecule has 22 heavy (non-hydrogen) atoms. The van der Waals surface area contributed by atoms with Gasteiger partial charge < -0.3 is 15.7 Å². The topological polar surface area (TPSA) is 61.4 Å². The van der Waals surface area contributed by atoms with Crippen molar-refractivity contribution < 1.29 is 27.5 Å². The van der Waals surface area contributed by atoms with Crippen molar-refractivity contribution in [3.8, 4) is 0 Å². The summed E-state index contributed by atoms with van der Waals surface area (Å²) < 4.78 is 51.4. The molecule has 0 spiro atoms. The third-order valence-corrected chi connectivity index (χ3v) is 3.26. The smallest absolute Gasteiger partial charge is 0.396 e. The molecule has 2 atom stereocenters. The lowest BCUT2D eigenvalue weighted by atomic mass is 10.1. The molecule has 1 aliphatic rings. The molecule has 0 aliphatic heterocycles. The van der Waals surface area contributed by atoms with Gasteiger partial charge in [0.15, 0.2) is 0 Å². The fraction of sp³-hybridized carbons (Fsp3) is 0.357. The number of hydrogen-bond donors (Lipinski definition) is 3. The van der Waals surface area contributed by atoms with Gasteiger partial charge in [0.2, 0.25) is 0 Å². The number of carbonyl (C=O) groups is 1. The van der Waals surface area contributed by atoms with Gasteiger partial charge in [-0.05, 0) is 24.6 Å². The third-order valence-electron chi connectivity index (χ3n) is 3.26. The molecule has 1 aromatic rings. The van der Waals surface area contributed by atoms with Crippen molar-refractivity contribution in [2.75, 3.05) is 11.9 Å². The first-order chi connectivity index (χ1) is 10.3. The number of nitrogens with one attached hydrogen (secondary N) is 2. The molecular formula is C14H14F4N2O2. The highest BCUT2D eigenvalue weighted by atomic mass is 19.4. The second-order valence-electron chi connectivity index (χ2n) is 4.96. The minimum atomic E-state index is -4.78. The summed E-state index contributed by atoms with van der Waals surface area (Å²) >= 11 is 0. The van der Waals surface area contributed by atoms with E-state index < -0.39 is 29.3 Å². The first kappa shape index (κ1) is 16.3. The predicted molar refractivity (Wildman–Crippen MR) is 71.7 cm³/mol. The van der Waals surface area contributed by atoms with E-state index in [-0.39, 0.29) is 18.6 Å². The molecule has 1 aliphatic carbocycles. The SMILES string of the molecule is O=C(Nc1ccc(F)cc1C(F)(F)F)N[C@@H]1C=C[C@H](CO)C1. The average Bonchev–Trinajstić information content (AvgIpc) is 2.87. The largest absolute Gasteiger partial charge is 0.418 e. The first-order valence-corrected chi connectivity index (χ1v) is 6.53. The molecule has 0 bridgehead atoms. The van der Waals surface area contributed by atoms with Crippen LogP contribution in [0.4, 0.5) is 28.0 Å². The van der Waals surface area contributed by atoms with E-state index in [1.807, 2.05) is 0 Å². The number of aliphatic hydroxyl groups excluding tert-OH is 1. The first-order valence-electron chi connectivity index (χ1n) is 6.53. The van der Waals surface area contributed by atoms with E-state index >= 15 is 0 Å². The Morgan fingerprint density at radius 1 is 1.32 bits per heavy atom. The molecule has 4 nitrogen and oxygen atoms in total. The summed E-state index contributed by atoms with van der Waals surface area (Å²) in [4.78, 5) is 11.7. The zero-order valence-corrected chi connectivity index (χ0v) is 11.3. The minimum absolute atomic E-state index is 0.0630. The van der Waals surface area contributed by atoms with Gasteiger partial charge in [0.25, 0.3) is 0 Å². The van der Waals surface area contributed by atoms with Gasteiger partial charge >= 0.3 is 12.2 Å². The Labute approximate surface area is 123 Å². The van der Waals surface area contributed by atoms with E-state index in [9.17, 15) is 22.4 Å². The van der Waals surface area contributed by atoms with E-state index in [2.05, 4.69) is 10.6 Å². The van der Waals surface area contributed by atoms with Crippen LogP contribution < -0.4 is 10.6 Å². The Kier molecular flexibility index (Phi) is 4.70. The number of hydrogen-bond acceptors (Lipinski definition) is 2. The standard InChI is InChI=1S/C14H14F4N2O2/c15-9-2-4-12(11(6-9)14(16,17)18)20-13(22)19-10-3-1-8(5-10)7-21/h1-4,6,8,10,21H,5,7H2,(H2,19,20,22)/t8-,10+/m0/s1. The average molecular weight is 318 g/mol. The second kappa shape index (κ2) is 6.35. The van der Waals surface area contributed by atoms with Crippen LogP contribution in [0.1, 0.15) is 12.0 Å². The lowest BCUT2D eigenvalue weighted by Crippen LogP contribution is -2.36. The normalized spacial score (nSPS) is 21.0. The van der Waals surface area contributed by atoms with Gasteiger partial charge in [0.05, 0.1) is 11.3 Å². The van der Waals surface area contributed by atoms with Gasteiger partial charge in [0.1, 0.15) is 5.82 Å². The number of amides is 2. The molecule has 0 unspecified atom stereocenters. The van der Waals surface area contributed by atoms with E-state index in [4.69, 9.17) is 5.11 Å². The summed E-state index contributed by atoms with van der Waals surface area (Å²) in [6.45, 7) is -0.0630. The number of carbonyl (C=O) groups excluding carboxylic acids is 1. The maximum Gasteiger partial charge on any atom is 0.418 e. The lowest BCUT2D eigenvalue weighted by molar-refractivity contribution is -0.137. The molecule has 0 radical (unpaired) electrons. The van der Waals surface area contributed by atoms with Crippen LogP contribution in [0.25, 0.3) is 0 Å². The Morgan fingerprint density at radius 2 is 2.05 bits per heavy atom. The summed E-state index contributed by atoms with van der Waals surface area (Å²) in [6.07, 6.45) is -0.917. The van der Waals surface area contributed by atoms with Gasteiger partial charge in [-0.15, -0.1) is 0 Å². The molecule has 8 heteroatoms. The number of halogens is 4. The molecule has 2 rings (SSSR count). The summed E-state index contributed by atoms with van der Waals surface area (Å²) in [6, 6.07) is 0.825. The molecule has 0 saturated carbocycles. The molecule has 3 N–H and O–H groups in total. The number of urea groups is 1. The van der Waals surface area contributed by atoms with E-state index in [0.717, 1.165) is 12.1 Å². The van der Waals surface area contributed by atoms with Crippen molar-refractivity contribution in [2.45, 2.75) is 18.6 Å². The Morgan fingerprint density at radius 3 is 2.64 bits per heavy atom. The monoisotopic (exact) mass is 318 g/mol. The zero-order valence-electron chi connectivity index (χ0n) is 11.3. The van der Waals surface area contributed by atoms with Crippen LogP contribution in [0.15, 0.2) is 30.4 Å². The van der Waals surface area contributed by atoms with Crippen molar-refractivity contribution in [1.82, 2.24) is 5.32 Å². The van der Waals surface area contributed by atoms with Gasteiger partial charge in [-0.3, -0.25) is 0 Å². The molecular weight excluding hydrogens is 304 g/mol. The molecule has 0 fully saturated rings. The molecule has 0 saturated heterocycles. The van der Waals surface area contributed by atoms with Gasteiger partial charge in [0, 0.05) is 18.6 Å². The van der Waals surface area contributed by atoms with Gasteiger partial charge in [-0.25, -0.2) is 9.18 Å². The highest BCUT2D eigenvalue weighted by Gasteiger charge is 2.34. The van der Waals surface area contributed by atoms with Crippen LogP contribution in [-0.4, -0.2) is 23.8 Å². The quantitative estimate of drug-likeness (QED) is 0.593. The van der Waals surface area contributed by atoms with Crippen molar-refractivity contribution in [3.05, 3.63) is 41.7 Å². The Bertz CT molecular complexity index is 587. The molecule has 0 heterocycles. The molecule has 1 aromatic carbocycles. The van der Waals surface area contributed by atoms with Crippen LogP contribution in [0.3, 0.4) is 0 Å². The molecule has 120 valence electrons. The lowest BCUT2D eigenvalue weighted by Gasteiger charge is -2.16. The summed E-state index contributed by atoms with van der Waals surface area (Å²) in [5.74, 6) is -1.12. The number of rotatable bonds is 3. The summed E-state index contributed by atoms with van der Waals surface area (Å²) in [7, 11) is 0. The number of benzene rings is 1. The molecule has 0 aromatic heterocycles. The highest BCUT2D eigenvalue weighted by molar-refractivity contribution is 5.90. The summed E-state index contributed by atoms with van der Waals surface area (Å²) in [5.41, 5.74) is -1.77. The fourth-order valence-electron chi connectivity index (χ4n) is 2.20. The van der Waals surface area contributed by atoms with Gasteiger partial charge in [-0.2, -0.15) is 13.2 Å². The minimum Gasteiger partial charge on any atom is -0.396 e. The van der Waals surface area contributed by atoms with Crippen molar-refractivity contribution >= 4 is 11.7 Å². The second-order valence-corrected chi connectivity index (χ2v) is 4.96. The van der Waals surface area contributed by atoms with Crippen molar-refractivity contribution in [1.29, 1.82) is 0 Å². The maximum absolute atomic E-state index is 13.0. The highest BCUT2D eigenvalue weighted by Crippen LogP contribution is 2.35. The maximum atomic E-state index is 13.0. The van der Waals surface area contributed by atoms with Crippen LogP contribution >= 0.6 is 0 Å².